The van der Waals surface area contributed by atoms with Gasteiger partial charge in [0.15, 0.2) is 5.78 Å². The Hall–Kier alpha value is -2.37. The quantitative estimate of drug-likeness (QED) is 0.847. The molecule has 0 saturated carbocycles. The maximum atomic E-state index is 12.4. The predicted octanol–water partition coefficient (Wildman–Crippen LogP) is 2.25. The summed E-state index contributed by atoms with van der Waals surface area (Å²) in [4.78, 5) is 14.4. The van der Waals surface area contributed by atoms with Crippen molar-refractivity contribution in [1.82, 2.24) is 10.2 Å². The molecular weight excluding hydrogens is 282 g/mol. The lowest BCUT2D eigenvalue weighted by Crippen LogP contribution is -2.44. The standard InChI is InChI=1S/C16H17N3O3/c1-2-14-17-18-15(21-14)19-8-7-16(10-19)9-12(20)11-5-3-4-6-13(11)22-16/h3-6H,2,7-10H2,1H3/t16-/m1/s1. The monoisotopic (exact) mass is 299 g/mol. The Morgan fingerprint density at radius 2 is 2.18 bits per heavy atom. The van der Waals surface area contributed by atoms with E-state index in [2.05, 4.69) is 10.2 Å². The van der Waals surface area contributed by atoms with Crippen LogP contribution in [0.4, 0.5) is 6.01 Å². The smallest absolute Gasteiger partial charge is 0.318 e. The number of aromatic nitrogens is 2. The average molecular weight is 299 g/mol. The van der Waals surface area contributed by atoms with E-state index in [4.69, 9.17) is 9.15 Å². The zero-order valence-electron chi connectivity index (χ0n) is 12.4. The maximum Gasteiger partial charge on any atom is 0.318 e. The highest BCUT2D eigenvalue weighted by atomic mass is 16.5. The minimum atomic E-state index is -0.480. The Morgan fingerprint density at radius 1 is 1.32 bits per heavy atom. The van der Waals surface area contributed by atoms with Crippen molar-refractivity contribution in [2.75, 3.05) is 18.0 Å². The van der Waals surface area contributed by atoms with Crippen molar-refractivity contribution in [2.24, 2.45) is 0 Å². The van der Waals surface area contributed by atoms with Crippen LogP contribution < -0.4 is 9.64 Å². The fourth-order valence-corrected chi connectivity index (χ4v) is 3.19. The third-order valence-corrected chi connectivity index (χ3v) is 4.34. The summed E-state index contributed by atoms with van der Waals surface area (Å²) in [5.41, 5.74) is 0.198. The molecule has 1 aromatic heterocycles. The molecule has 4 rings (SSSR count). The van der Waals surface area contributed by atoms with E-state index >= 15 is 0 Å². The molecule has 0 amide bonds. The van der Waals surface area contributed by atoms with Gasteiger partial charge in [-0.15, -0.1) is 5.10 Å². The van der Waals surface area contributed by atoms with E-state index in [1.54, 1.807) is 0 Å². The summed E-state index contributed by atoms with van der Waals surface area (Å²) in [6, 6.07) is 7.96. The first-order valence-corrected chi connectivity index (χ1v) is 7.58. The summed E-state index contributed by atoms with van der Waals surface area (Å²) in [6.07, 6.45) is 1.89. The van der Waals surface area contributed by atoms with Crippen molar-refractivity contribution < 1.29 is 13.9 Å². The normalized spacial score (nSPS) is 23.7. The summed E-state index contributed by atoms with van der Waals surface area (Å²) in [7, 11) is 0. The van der Waals surface area contributed by atoms with E-state index in [9.17, 15) is 4.79 Å². The Kier molecular flexibility index (Phi) is 2.92. The number of fused-ring (bicyclic) bond motifs is 1. The molecule has 22 heavy (non-hydrogen) atoms. The number of carbonyl (C=O) groups is 1. The van der Waals surface area contributed by atoms with E-state index < -0.39 is 5.60 Å². The number of ketones is 1. The molecule has 114 valence electrons. The molecule has 1 aromatic carbocycles. The van der Waals surface area contributed by atoms with Crippen LogP contribution in [0, 0.1) is 0 Å². The molecule has 1 spiro atoms. The summed E-state index contributed by atoms with van der Waals surface area (Å²) < 4.78 is 11.8. The second-order valence-corrected chi connectivity index (χ2v) is 5.88. The molecule has 2 aromatic rings. The summed E-state index contributed by atoms with van der Waals surface area (Å²) >= 11 is 0. The number of para-hydroxylation sites is 1. The van der Waals surface area contributed by atoms with Gasteiger partial charge in [-0.3, -0.25) is 4.79 Å². The number of carbonyl (C=O) groups excluding carboxylic acids is 1. The lowest BCUT2D eigenvalue weighted by Gasteiger charge is -2.34. The largest absolute Gasteiger partial charge is 0.484 e. The molecule has 0 aliphatic carbocycles. The van der Waals surface area contributed by atoms with Crippen LogP contribution in [-0.4, -0.2) is 34.7 Å². The van der Waals surface area contributed by atoms with Gasteiger partial charge >= 0.3 is 6.01 Å². The van der Waals surface area contributed by atoms with Crippen molar-refractivity contribution in [3.05, 3.63) is 35.7 Å². The molecule has 1 saturated heterocycles. The van der Waals surface area contributed by atoms with Crippen LogP contribution in [0.1, 0.15) is 36.0 Å². The summed E-state index contributed by atoms with van der Waals surface area (Å²) in [5.74, 6) is 1.45. The van der Waals surface area contributed by atoms with Crippen LogP contribution in [0.5, 0.6) is 5.75 Å². The van der Waals surface area contributed by atoms with E-state index in [0.29, 0.717) is 42.6 Å². The van der Waals surface area contributed by atoms with Gasteiger partial charge in [-0.1, -0.05) is 24.2 Å². The number of nitrogens with zero attached hydrogens (tertiary/aromatic N) is 3. The Morgan fingerprint density at radius 3 is 3.00 bits per heavy atom. The lowest BCUT2D eigenvalue weighted by atomic mass is 9.89. The molecule has 1 atom stereocenters. The van der Waals surface area contributed by atoms with Gasteiger partial charge in [-0.05, 0) is 12.1 Å². The van der Waals surface area contributed by atoms with Gasteiger partial charge in [0.2, 0.25) is 5.89 Å². The van der Waals surface area contributed by atoms with Gasteiger partial charge < -0.3 is 14.1 Å². The lowest BCUT2D eigenvalue weighted by molar-refractivity contribution is 0.0537. The van der Waals surface area contributed by atoms with Crippen LogP contribution in [0.3, 0.4) is 0 Å². The van der Waals surface area contributed by atoms with Crippen molar-refractivity contribution >= 4 is 11.8 Å². The van der Waals surface area contributed by atoms with Crippen molar-refractivity contribution in [1.29, 1.82) is 0 Å². The molecule has 2 aliphatic rings. The fourth-order valence-electron chi connectivity index (χ4n) is 3.19. The molecule has 0 bridgehead atoms. The molecule has 6 heteroatoms. The number of benzene rings is 1. The number of hydrogen-bond donors (Lipinski definition) is 0. The summed E-state index contributed by atoms with van der Waals surface area (Å²) in [5, 5.41) is 8.08. The van der Waals surface area contributed by atoms with Crippen LogP contribution in [-0.2, 0) is 6.42 Å². The number of hydrogen-bond acceptors (Lipinski definition) is 6. The Labute approximate surface area is 128 Å². The maximum absolute atomic E-state index is 12.4. The minimum Gasteiger partial charge on any atom is -0.484 e. The van der Waals surface area contributed by atoms with Crippen LogP contribution in [0.2, 0.25) is 0 Å². The van der Waals surface area contributed by atoms with Crippen molar-refractivity contribution in [3.8, 4) is 5.75 Å². The number of aryl methyl sites for hydroxylation is 1. The first-order valence-electron chi connectivity index (χ1n) is 7.58. The zero-order valence-corrected chi connectivity index (χ0v) is 12.4. The Balaban J connectivity index is 1.58. The first-order chi connectivity index (χ1) is 10.7. The second-order valence-electron chi connectivity index (χ2n) is 5.88. The predicted molar refractivity (Wildman–Crippen MR) is 79.3 cm³/mol. The molecule has 0 N–H and O–H groups in total. The third-order valence-electron chi connectivity index (χ3n) is 4.34. The zero-order chi connectivity index (χ0) is 15.2. The highest BCUT2D eigenvalue weighted by molar-refractivity contribution is 6.00. The SMILES string of the molecule is CCc1nnc(N2CC[C@@]3(CC(=O)c4ccccc4O3)C2)o1. The van der Waals surface area contributed by atoms with Gasteiger partial charge in [-0.2, -0.15) is 0 Å². The van der Waals surface area contributed by atoms with Gasteiger partial charge in [0.1, 0.15) is 11.4 Å². The van der Waals surface area contributed by atoms with E-state index in [1.807, 2.05) is 36.1 Å². The highest BCUT2D eigenvalue weighted by Crippen LogP contribution is 2.39. The molecule has 0 unspecified atom stereocenters. The number of rotatable bonds is 2. The molecule has 3 heterocycles. The average Bonchev–Trinajstić information content (AvgIpc) is 3.14. The minimum absolute atomic E-state index is 0.142. The first kappa shape index (κ1) is 13.3. The van der Waals surface area contributed by atoms with Crippen molar-refractivity contribution in [3.63, 3.8) is 0 Å². The van der Waals surface area contributed by atoms with E-state index in [0.717, 1.165) is 13.0 Å². The summed E-state index contributed by atoms with van der Waals surface area (Å²) in [6.45, 7) is 3.32. The van der Waals surface area contributed by atoms with Gasteiger partial charge in [0.25, 0.3) is 0 Å². The van der Waals surface area contributed by atoms with Crippen LogP contribution >= 0.6 is 0 Å². The molecule has 0 radical (unpaired) electrons. The molecule has 2 aliphatic heterocycles. The third kappa shape index (κ3) is 2.06. The van der Waals surface area contributed by atoms with Crippen molar-refractivity contribution in [2.45, 2.75) is 31.8 Å². The topological polar surface area (TPSA) is 68.5 Å². The molecule has 1 fully saturated rings. The Bertz CT molecular complexity index is 727. The van der Waals surface area contributed by atoms with E-state index in [1.165, 1.54) is 0 Å². The number of anilines is 1. The van der Waals surface area contributed by atoms with Gasteiger partial charge in [-0.25, -0.2) is 0 Å². The van der Waals surface area contributed by atoms with Gasteiger partial charge in [0.05, 0.1) is 18.5 Å². The number of ether oxygens (including phenoxy) is 1. The molecule has 6 nitrogen and oxygen atoms in total. The fraction of sp³-hybridized carbons (Fsp3) is 0.438. The van der Waals surface area contributed by atoms with Crippen LogP contribution in [0.25, 0.3) is 0 Å². The highest BCUT2D eigenvalue weighted by Gasteiger charge is 2.46. The van der Waals surface area contributed by atoms with Gasteiger partial charge in [0, 0.05) is 19.4 Å². The molecular formula is C16H17N3O3. The second kappa shape index (κ2) is 4.83. The van der Waals surface area contributed by atoms with Crippen LogP contribution in [0.15, 0.2) is 28.7 Å². The van der Waals surface area contributed by atoms with E-state index in [-0.39, 0.29) is 5.78 Å². The number of Topliss-reactive ketones (excluding diaryl/α,β-unsaturated/α-hetero) is 1.